The number of hydrogen-bond acceptors (Lipinski definition) is 10. The summed E-state index contributed by atoms with van der Waals surface area (Å²) in [6.07, 6.45) is 6.12. The predicted molar refractivity (Wildman–Crippen MR) is 157 cm³/mol. The highest BCUT2D eigenvalue weighted by Crippen LogP contribution is 2.71. The Morgan fingerprint density at radius 3 is 2.41 bits per heavy atom. The van der Waals surface area contributed by atoms with Crippen LogP contribution >= 0.6 is 0 Å². The molecule has 0 radical (unpaired) electrons. The third-order valence-electron chi connectivity index (χ3n) is 12.9. The molecule has 5 unspecified atom stereocenters. The van der Waals surface area contributed by atoms with Crippen LogP contribution in [0.1, 0.15) is 92.4 Å². The first-order valence-corrected chi connectivity index (χ1v) is 16.6. The molecule has 10 nitrogen and oxygen atoms in total. The molecule has 0 spiro atoms. The number of esters is 3. The number of fused-ring (bicyclic) bond motifs is 5. The fourth-order valence-electron chi connectivity index (χ4n) is 10.9. The lowest BCUT2D eigenvalue weighted by Crippen LogP contribution is -2.64. The number of methoxy groups -OCH3 is 1. The van der Waals surface area contributed by atoms with Gasteiger partial charge in [0, 0.05) is 38.4 Å². The van der Waals surface area contributed by atoms with E-state index < -0.39 is 42.3 Å². The van der Waals surface area contributed by atoms with Crippen LogP contribution < -0.4 is 0 Å². The van der Waals surface area contributed by atoms with Crippen molar-refractivity contribution in [3.05, 3.63) is 11.6 Å². The van der Waals surface area contributed by atoms with Crippen molar-refractivity contribution >= 4 is 17.9 Å². The van der Waals surface area contributed by atoms with Gasteiger partial charge < -0.3 is 33.5 Å². The Morgan fingerprint density at radius 1 is 0.977 bits per heavy atom. The second-order valence-corrected chi connectivity index (χ2v) is 14.9. The van der Waals surface area contributed by atoms with E-state index in [9.17, 15) is 19.5 Å². The first kappa shape index (κ1) is 32.0. The van der Waals surface area contributed by atoms with Crippen LogP contribution in [0.2, 0.25) is 0 Å². The van der Waals surface area contributed by atoms with Gasteiger partial charge in [-0.1, -0.05) is 13.8 Å². The number of carbonyl (C=O) groups excluding carboxylic acids is 3. The van der Waals surface area contributed by atoms with E-state index in [0.717, 1.165) is 63.4 Å². The molecule has 1 N–H and O–H groups in total. The molecular weight excluding hydrogens is 568 g/mol. The summed E-state index contributed by atoms with van der Waals surface area (Å²) in [5, 5.41) is 11.1. The van der Waals surface area contributed by atoms with Crippen LogP contribution in [-0.2, 0) is 42.8 Å². The van der Waals surface area contributed by atoms with Crippen molar-refractivity contribution in [1.29, 1.82) is 0 Å². The van der Waals surface area contributed by atoms with Gasteiger partial charge in [-0.15, -0.1) is 0 Å². The number of cyclic esters (lactones) is 1. The van der Waals surface area contributed by atoms with Crippen molar-refractivity contribution in [2.45, 2.75) is 135 Å². The summed E-state index contributed by atoms with van der Waals surface area (Å²) in [5.41, 5.74) is 0.342. The standard InChI is InChI=1S/C34H50O10/c1-18-29(42-19(2)35)30(39-6)28(38)31(41-18)43-23-9-12-32(4)22(16-23)7-8-26-25(32)10-13-33(5)24(21-15-27(37)40-17-21)11-14-34(26,33)44-20(3)36/h15,18,22-26,28-31,38H,7-14,16-17H2,1-6H3/t18?,22-,23+,24-,25?,26?,28?,29-,30?,31+,32+,33-,34+/m1/s1. The zero-order chi connectivity index (χ0) is 31.6. The van der Waals surface area contributed by atoms with Gasteiger partial charge in [0.15, 0.2) is 12.4 Å². The van der Waals surface area contributed by atoms with E-state index in [-0.39, 0.29) is 40.7 Å². The van der Waals surface area contributed by atoms with Crippen LogP contribution in [0.15, 0.2) is 11.6 Å². The molecule has 1 saturated heterocycles. The lowest BCUT2D eigenvalue weighted by Gasteiger charge is -2.64. The summed E-state index contributed by atoms with van der Waals surface area (Å²) in [5.74, 6) is 0.349. The summed E-state index contributed by atoms with van der Waals surface area (Å²) < 4.78 is 35.3. The van der Waals surface area contributed by atoms with Gasteiger partial charge in [0.05, 0.1) is 12.2 Å². The normalized spacial score (nSPS) is 48.3. The third kappa shape index (κ3) is 5.03. The Morgan fingerprint density at radius 2 is 1.75 bits per heavy atom. The van der Waals surface area contributed by atoms with E-state index in [1.807, 2.05) is 0 Å². The molecule has 2 aliphatic heterocycles. The molecule has 0 aromatic rings. The van der Waals surface area contributed by atoms with Crippen molar-refractivity contribution in [2.75, 3.05) is 13.7 Å². The van der Waals surface area contributed by atoms with E-state index in [2.05, 4.69) is 13.8 Å². The zero-order valence-corrected chi connectivity index (χ0v) is 27.0. The quantitative estimate of drug-likeness (QED) is 0.262. The van der Waals surface area contributed by atoms with Crippen molar-refractivity contribution in [2.24, 2.45) is 34.5 Å². The molecule has 0 bridgehead atoms. The highest BCUT2D eigenvalue weighted by atomic mass is 16.7. The van der Waals surface area contributed by atoms with Gasteiger partial charge in [0.1, 0.15) is 24.4 Å². The summed E-state index contributed by atoms with van der Waals surface area (Å²) in [6.45, 7) is 9.75. The number of hydrogen-bond donors (Lipinski definition) is 1. The van der Waals surface area contributed by atoms with Crippen LogP contribution in [0.5, 0.6) is 0 Å². The van der Waals surface area contributed by atoms with Crippen molar-refractivity contribution in [3.8, 4) is 0 Å². The Hall–Kier alpha value is -2.01. The lowest BCUT2D eigenvalue weighted by molar-refractivity contribution is -0.314. The molecule has 13 atom stereocenters. The van der Waals surface area contributed by atoms with Crippen molar-refractivity contribution in [1.82, 2.24) is 0 Å². The second kappa shape index (κ2) is 11.7. The zero-order valence-electron chi connectivity index (χ0n) is 27.0. The molecule has 10 heteroatoms. The Kier molecular flexibility index (Phi) is 8.46. The lowest BCUT2D eigenvalue weighted by atomic mass is 9.43. The molecule has 0 aromatic heterocycles. The predicted octanol–water partition coefficient (Wildman–Crippen LogP) is 4.25. The number of aliphatic hydroxyl groups excluding tert-OH is 1. The van der Waals surface area contributed by atoms with Crippen molar-refractivity contribution < 1.29 is 47.9 Å². The van der Waals surface area contributed by atoms with E-state index in [4.69, 9.17) is 28.4 Å². The summed E-state index contributed by atoms with van der Waals surface area (Å²) in [6, 6.07) is 0. The molecule has 246 valence electrons. The van der Waals surface area contributed by atoms with Gasteiger partial charge >= 0.3 is 17.9 Å². The molecule has 44 heavy (non-hydrogen) atoms. The molecule has 0 amide bonds. The van der Waals surface area contributed by atoms with Gasteiger partial charge in [0.25, 0.3) is 0 Å². The Balaban J connectivity index is 1.18. The maximum Gasteiger partial charge on any atom is 0.331 e. The number of rotatable bonds is 6. The Labute approximate surface area is 260 Å². The van der Waals surface area contributed by atoms with E-state index in [1.54, 1.807) is 13.0 Å². The largest absolute Gasteiger partial charge is 0.458 e. The monoisotopic (exact) mass is 618 g/mol. The molecule has 5 fully saturated rings. The number of ether oxygens (including phenoxy) is 6. The van der Waals surface area contributed by atoms with Crippen molar-refractivity contribution in [3.63, 3.8) is 0 Å². The minimum Gasteiger partial charge on any atom is -0.458 e. The van der Waals surface area contributed by atoms with Gasteiger partial charge in [-0.05, 0) is 93.5 Å². The maximum absolute atomic E-state index is 12.7. The second-order valence-electron chi connectivity index (χ2n) is 14.9. The van der Waals surface area contributed by atoms with Crippen LogP contribution in [0.3, 0.4) is 0 Å². The topological polar surface area (TPSA) is 127 Å². The fraction of sp³-hybridized carbons (Fsp3) is 0.853. The highest BCUT2D eigenvalue weighted by Gasteiger charge is 2.70. The molecule has 6 rings (SSSR count). The number of aliphatic hydroxyl groups is 1. The van der Waals surface area contributed by atoms with Crippen LogP contribution in [-0.4, -0.2) is 79.1 Å². The highest BCUT2D eigenvalue weighted by molar-refractivity contribution is 5.85. The fourth-order valence-corrected chi connectivity index (χ4v) is 10.9. The third-order valence-corrected chi connectivity index (χ3v) is 12.9. The maximum atomic E-state index is 12.7. The van der Waals surface area contributed by atoms with Gasteiger partial charge in [-0.25, -0.2) is 4.79 Å². The molecule has 2 heterocycles. The summed E-state index contributed by atoms with van der Waals surface area (Å²) in [7, 11) is 1.49. The smallest absolute Gasteiger partial charge is 0.331 e. The van der Waals surface area contributed by atoms with Crippen LogP contribution in [0.4, 0.5) is 0 Å². The summed E-state index contributed by atoms with van der Waals surface area (Å²) in [4.78, 5) is 36.3. The molecular formula is C34H50O10. The van der Waals surface area contributed by atoms with Crippen LogP contribution in [0, 0.1) is 34.5 Å². The Bertz CT molecular complexity index is 1180. The van der Waals surface area contributed by atoms with Gasteiger partial charge in [-0.2, -0.15) is 0 Å². The number of carbonyl (C=O) groups is 3. The van der Waals surface area contributed by atoms with E-state index in [1.165, 1.54) is 21.0 Å². The molecule has 6 aliphatic rings. The first-order valence-electron chi connectivity index (χ1n) is 16.6. The van der Waals surface area contributed by atoms with Gasteiger partial charge in [-0.3, -0.25) is 9.59 Å². The minimum absolute atomic E-state index is 0.0711. The first-order chi connectivity index (χ1) is 20.8. The average Bonchev–Trinajstić information content (AvgIpc) is 3.51. The van der Waals surface area contributed by atoms with E-state index in [0.29, 0.717) is 18.4 Å². The van der Waals surface area contributed by atoms with E-state index >= 15 is 0 Å². The molecule has 4 saturated carbocycles. The minimum atomic E-state index is -1.09. The average molecular weight is 619 g/mol. The van der Waals surface area contributed by atoms with Crippen LogP contribution in [0.25, 0.3) is 0 Å². The molecule has 0 aromatic carbocycles. The van der Waals surface area contributed by atoms with Gasteiger partial charge in [0.2, 0.25) is 0 Å². The summed E-state index contributed by atoms with van der Waals surface area (Å²) >= 11 is 0. The SMILES string of the molecule is COC1C(O)[C@H](O[C@H]2CC[C@]3(C)C4CC[C@]5(C)[C@@H](C6=CC(=O)OC6)CC[C@]5(OC(C)=O)C4CC[C@@H]3C2)OC(C)[C@H]1OC(C)=O. The molecule has 4 aliphatic carbocycles.